The fraction of sp³-hybridized carbons (Fsp3) is 0.800. The summed E-state index contributed by atoms with van der Waals surface area (Å²) in [5, 5.41) is -0.0402. The van der Waals surface area contributed by atoms with E-state index in [4.69, 9.17) is 4.55 Å². The van der Waals surface area contributed by atoms with Crippen molar-refractivity contribution in [3.05, 3.63) is 12.2 Å². The molecule has 0 radical (unpaired) electrons. The molecule has 1 aliphatic rings. The van der Waals surface area contributed by atoms with Crippen LogP contribution in [0.15, 0.2) is 12.2 Å². The van der Waals surface area contributed by atoms with Gasteiger partial charge < -0.3 is 4.55 Å². The molecular weight excluding hydrogens is 184 g/mol. The monoisotopic (exact) mass is 202 g/mol. The second-order valence-corrected chi connectivity index (χ2v) is 5.04. The molecule has 0 aromatic rings. The molecule has 0 aromatic heterocycles. The Morgan fingerprint density at radius 1 is 1.38 bits per heavy atom. The highest BCUT2D eigenvalue weighted by Crippen LogP contribution is 2.18. The van der Waals surface area contributed by atoms with Crippen molar-refractivity contribution in [2.45, 2.75) is 44.3 Å². The minimum atomic E-state index is -1.64. The van der Waals surface area contributed by atoms with Crippen molar-refractivity contribution in [3.63, 3.8) is 0 Å². The summed E-state index contributed by atoms with van der Waals surface area (Å²) in [6.45, 7) is 2.20. The number of rotatable bonds is 1. The maximum Gasteiger partial charge on any atom is 0.156 e. The Balaban J connectivity index is 2.50. The molecule has 2 nitrogen and oxygen atoms in total. The lowest BCUT2D eigenvalue weighted by molar-refractivity contribution is 0.524. The highest BCUT2D eigenvalue weighted by molar-refractivity contribution is 7.79. The molecule has 0 saturated carbocycles. The van der Waals surface area contributed by atoms with Crippen molar-refractivity contribution in [3.8, 4) is 0 Å². The third-order valence-electron chi connectivity index (χ3n) is 2.58. The fourth-order valence-electron chi connectivity index (χ4n) is 1.70. The van der Waals surface area contributed by atoms with Gasteiger partial charge in [-0.15, -0.1) is 0 Å². The molecule has 0 bridgehead atoms. The van der Waals surface area contributed by atoms with Crippen LogP contribution in [0.5, 0.6) is 0 Å². The molecule has 13 heavy (non-hydrogen) atoms. The summed E-state index contributed by atoms with van der Waals surface area (Å²) < 4.78 is 19.9. The van der Waals surface area contributed by atoms with Gasteiger partial charge in [-0.05, 0) is 25.2 Å². The van der Waals surface area contributed by atoms with Gasteiger partial charge in [0.2, 0.25) is 0 Å². The topological polar surface area (TPSA) is 37.3 Å². The van der Waals surface area contributed by atoms with Gasteiger partial charge in [-0.25, -0.2) is 4.21 Å². The summed E-state index contributed by atoms with van der Waals surface area (Å²) in [6.07, 6.45) is 9.36. The minimum absolute atomic E-state index is 0.0402. The molecule has 0 fully saturated rings. The molecule has 1 rings (SSSR count). The number of hydrogen-bond donors (Lipinski definition) is 1. The number of hydrogen-bond acceptors (Lipinski definition) is 1. The van der Waals surface area contributed by atoms with Crippen LogP contribution in [0.25, 0.3) is 0 Å². The first-order valence-corrected chi connectivity index (χ1v) is 6.13. The third kappa shape index (κ3) is 4.05. The van der Waals surface area contributed by atoms with Crippen LogP contribution in [0.1, 0.15) is 39.0 Å². The molecule has 0 aromatic carbocycles. The Kier molecular flexibility index (Phi) is 4.67. The van der Waals surface area contributed by atoms with Gasteiger partial charge in [0.05, 0.1) is 5.25 Å². The predicted molar refractivity (Wildman–Crippen MR) is 55.9 cm³/mol. The smallest absolute Gasteiger partial charge is 0.156 e. The van der Waals surface area contributed by atoms with E-state index in [1.165, 1.54) is 12.8 Å². The van der Waals surface area contributed by atoms with Gasteiger partial charge in [-0.3, -0.25) is 0 Å². The average Bonchev–Trinajstić information content (AvgIpc) is 2.16. The van der Waals surface area contributed by atoms with Crippen molar-refractivity contribution in [1.82, 2.24) is 0 Å². The number of allylic oxidation sites excluding steroid dienone is 2. The zero-order valence-electron chi connectivity index (χ0n) is 8.11. The Bertz CT molecular complexity index is 201. The highest BCUT2D eigenvalue weighted by atomic mass is 32.2. The van der Waals surface area contributed by atoms with Gasteiger partial charge in [0.1, 0.15) is 0 Å². The van der Waals surface area contributed by atoms with Crippen LogP contribution in [-0.4, -0.2) is 14.0 Å². The average molecular weight is 202 g/mol. The van der Waals surface area contributed by atoms with Crippen molar-refractivity contribution in [1.29, 1.82) is 0 Å². The standard InChI is InChI=1S/C10H18O2S/c1-9-5-2-3-7-10(13(11)12)8-4-6-9/h4,6,9-10H,2-3,5,7-8H2,1H3,(H,11,12). The summed E-state index contributed by atoms with van der Waals surface area (Å²) in [6, 6.07) is 0. The van der Waals surface area contributed by atoms with Crippen LogP contribution < -0.4 is 0 Å². The maximum absolute atomic E-state index is 10.9. The zero-order chi connectivity index (χ0) is 9.68. The van der Waals surface area contributed by atoms with E-state index in [2.05, 4.69) is 19.1 Å². The molecule has 3 heteroatoms. The first-order chi connectivity index (χ1) is 6.20. The lowest BCUT2D eigenvalue weighted by Gasteiger charge is -2.08. The molecule has 0 amide bonds. The quantitative estimate of drug-likeness (QED) is 0.524. The summed E-state index contributed by atoms with van der Waals surface area (Å²) in [5.41, 5.74) is 0. The van der Waals surface area contributed by atoms with E-state index in [-0.39, 0.29) is 5.25 Å². The van der Waals surface area contributed by atoms with E-state index < -0.39 is 11.1 Å². The van der Waals surface area contributed by atoms with Gasteiger partial charge >= 0.3 is 0 Å². The fourth-order valence-corrected chi connectivity index (χ4v) is 2.34. The minimum Gasteiger partial charge on any atom is -0.306 e. The lowest BCUT2D eigenvalue weighted by Crippen LogP contribution is -2.12. The molecule has 3 unspecified atom stereocenters. The van der Waals surface area contributed by atoms with Crippen LogP contribution in [-0.2, 0) is 11.1 Å². The Hall–Kier alpha value is -0.150. The largest absolute Gasteiger partial charge is 0.306 e. The summed E-state index contributed by atoms with van der Waals surface area (Å²) in [5.74, 6) is 0.630. The van der Waals surface area contributed by atoms with E-state index in [1.807, 2.05) is 0 Å². The van der Waals surface area contributed by atoms with Gasteiger partial charge in [-0.2, -0.15) is 0 Å². The van der Waals surface area contributed by atoms with Gasteiger partial charge in [0, 0.05) is 0 Å². The molecule has 0 spiro atoms. The van der Waals surface area contributed by atoms with Crippen molar-refractivity contribution in [2.75, 3.05) is 0 Å². The normalized spacial score (nSPS) is 33.1. The molecule has 1 N–H and O–H groups in total. The van der Waals surface area contributed by atoms with Gasteiger partial charge in [-0.1, -0.05) is 31.9 Å². The SMILES string of the molecule is CC1C=CCC(S(=O)O)CCCC1. The van der Waals surface area contributed by atoms with E-state index in [9.17, 15) is 4.21 Å². The molecule has 0 saturated heterocycles. The van der Waals surface area contributed by atoms with E-state index in [1.54, 1.807) is 0 Å². The first-order valence-electron chi connectivity index (χ1n) is 4.96. The zero-order valence-corrected chi connectivity index (χ0v) is 8.93. The van der Waals surface area contributed by atoms with Crippen LogP contribution in [0.2, 0.25) is 0 Å². The highest BCUT2D eigenvalue weighted by Gasteiger charge is 2.14. The van der Waals surface area contributed by atoms with E-state index in [0.29, 0.717) is 5.92 Å². The molecular formula is C10H18O2S. The van der Waals surface area contributed by atoms with Gasteiger partial charge in [0.15, 0.2) is 11.1 Å². The summed E-state index contributed by atoms with van der Waals surface area (Å²) in [7, 11) is 0. The van der Waals surface area contributed by atoms with Crippen molar-refractivity contribution in [2.24, 2.45) is 5.92 Å². The van der Waals surface area contributed by atoms with Crippen LogP contribution in [0, 0.1) is 5.92 Å². The van der Waals surface area contributed by atoms with Crippen molar-refractivity contribution >= 4 is 11.1 Å². The molecule has 0 heterocycles. The molecule has 1 aliphatic carbocycles. The van der Waals surface area contributed by atoms with Gasteiger partial charge in [0.25, 0.3) is 0 Å². The van der Waals surface area contributed by atoms with Crippen molar-refractivity contribution < 1.29 is 8.76 Å². The Labute approximate surface area is 82.7 Å². The summed E-state index contributed by atoms with van der Waals surface area (Å²) in [4.78, 5) is 0. The third-order valence-corrected chi connectivity index (χ3v) is 3.58. The molecule has 76 valence electrons. The van der Waals surface area contributed by atoms with Crippen LogP contribution in [0.3, 0.4) is 0 Å². The van der Waals surface area contributed by atoms with E-state index >= 15 is 0 Å². The maximum atomic E-state index is 10.9. The lowest BCUT2D eigenvalue weighted by atomic mass is 10.0. The second kappa shape index (κ2) is 5.55. The Morgan fingerprint density at radius 3 is 2.77 bits per heavy atom. The second-order valence-electron chi connectivity index (χ2n) is 3.82. The molecule has 3 atom stereocenters. The van der Waals surface area contributed by atoms with Crippen LogP contribution in [0.4, 0.5) is 0 Å². The van der Waals surface area contributed by atoms with E-state index in [0.717, 1.165) is 19.3 Å². The predicted octanol–water partition coefficient (Wildman–Crippen LogP) is 2.73. The first kappa shape index (κ1) is 10.9. The summed E-state index contributed by atoms with van der Waals surface area (Å²) >= 11 is -1.64. The Morgan fingerprint density at radius 2 is 2.08 bits per heavy atom. The van der Waals surface area contributed by atoms with Crippen LogP contribution >= 0.6 is 0 Å². The molecule has 0 aliphatic heterocycles.